The molecule has 0 atom stereocenters. The molecule has 3 nitrogen and oxygen atoms in total. The van der Waals surface area contributed by atoms with Crippen molar-refractivity contribution in [2.45, 2.75) is 18.7 Å². The molecule has 0 aromatic heterocycles. The molecule has 0 saturated heterocycles. The molecule has 1 aromatic rings. The standard InChI is InChI=1S/C10H14BrNO2PS/c1-3-15(4-2)12-16(13,14)10-7-5-9(11)6-8-10/h5-8H,3-4H2,1-2H3/q+1. The van der Waals surface area contributed by atoms with Gasteiger partial charge in [0.05, 0.1) is 4.90 Å². The van der Waals surface area contributed by atoms with Gasteiger partial charge in [-0.05, 0) is 38.1 Å². The molecule has 0 aliphatic rings. The quantitative estimate of drug-likeness (QED) is 0.790. The van der Waals surface area contributed by atoms with Crippen LogP contribution in [0.25, 0.3) is 0 Å². The van der Waals surface area contributed by atoms with E-state index in [2.05, 4.69) is 20.1 Å². The van der Waals surface area contributed by atoms with E-state index < -0.39 is 17.7 Å². The van der Waals surface area contributed by atoms with E-state index in [0.717, 1.165) is 16.8 Å². The first-order chi connectivity index (χ1) is 7.49. The maximum atomic E-state index is 11.9. The molecule has 0 unspecified atom stereocenters. The van der Waals surface area contributed by atoms with Gasteiger partial charge in [-0.3, -0.25) is 0 Å². The van der Waals surface area contributed by atoms with Crippen molar-refractivity contribution in [3.05, 3.63) is 28.7 Å². The smallest absolute Gasteiger partial charge is 0.196 e. The van der Waals surface area contributed by atoms with Crippen molar-refractivity contribution < 1.29 is 8.42 Å². The molecule has 0 saturated carbocycles. The topological polar surface area (TPSA) is 46.5 Å². The van der Waals surface area contributed by atoms with Crippen LogP contribution >= 0.6 is 23.6 Å². The summed E-state index contributed by atoms with van der Waals surface area (Å²) in [6, 6.07) is 6.56. The summed E-state index contributed by atoms with van der Waals surface area (Å²) in [6.45, 7) is 3.94. The van der Waals surface area contributed by atoms with Crippen LogP contribution in [0.5, 0.6) is 0 Å². The van der Waals surface area contributed by atoms with Crippen LogP contribution < -0.4 is 0 Å². The molecule has 0 amide bonds. The van der Waals surface area contributed by atoms with Crippen molar-refractivity contribution in [3.63, 3.8) is 0 Å². The Morgan fingerprint density at radius 2 is 1.69 bits per heavy atom. The molecule has 0 aliphatic carbocycles. The van der Waals surface area contributed by atoms with Crippen LogP contribution in [0.2, 0.25) is 0 Å². The highest BCUT2D eigenvalue weighted by molar-refractivity contribution is 9.10. The van der Waals surface area contributed by atoms with Crippen molar-refractivity contribution in [2.24, 2.45) is 4.15 Å². The van der Waals surface area contributed by atoms with E-state index in [4.69, 9.17) is 0 Å². The lowest BCUT2D eigenvalue weighted by atomic mass is 10.4. The van der Waals surface area contributed by atoms with Crippen LogP contribution in [0.4, 0.5) is 0 Å². The molecular weight excluding hydrogens is 309 g/mol. The normalized spacial score (nSPS) is 11.2. The minimum atomic E-state index is -3.47. The number of halogens is 1. The molecule has 0 N–H and O–H groups in total. The van der Waals surface area contributed by atoms with Gasteiger partial charge in [-0.2, -0.15) is 8.42 Å². The average molecular weight is 323 g/mol. The predicted octanol–water partition coefficient (Wildman–Crippen LogP) is 3.84. The van der Waals surface area contributed by atoms with E-state index in [-0.39, 0.29) is 4.90 Å². The van der Waals surface area contributed by atoms with Crippen LogP contribution in [0.15, 0.2) is 37.8 Å². The molecule has 0 spiro atoms. The number of hydrogen-bond acceptors (Lipinski definition) is 2. The molecule has 0 fully saturated rings. The Balaban J connectivity index is 3.12. The lowest BCUT2D eigenvalue weighted by molar-refractivity contribution is 0.598. The van der Waals surface area contributed by atoms with Crippen molar-refractivity contribution in [1.82, 2.24) is 0 Å². The van der Waals surface area contributed by atoms with E-state index in [1.165, 1.54) is 0 Å². The highest BCUT2D eigenvalue weighted by Crippen LogP contribution is 2.29. The Bertz CT molecular complexity index is 476. The van der Waals surface area contributed by atoms with Crippen LogP contribution in [-0.4, -0.2) is 20.7 Å². The number of rotatable bonds is 4. The number of benzene rings is 1. The van der Waals surface area contributed by atoms with E-state index in [1.54, 1.807) is 24.3 Å². The molecule has 0 radical (unpaired) electrons. The molecule has 16 heavy (non-hydrogen) atoms. The van der Waals surface area contributed by atoms with Gasteiger partial charge in [-0.15, -0.1) is 0 Å². The fraction of sp³-hybridized carbons (Fsp3) is 0.400. The zero-order chi connectivity index (χ0) is 12.2. The first-order valence-electron chi connectivity index (χ1n) is 4.98. The highest BCUT2D eigenvalue weighted by Gasteiger charge is 2.19. The minimum absolute atomic E-state index is 0.269. The average Bonchev–Trinajstić information content (AvgIpc) is 2.26. The second-order valence-electron chi connectivity index (χ2n) is 3.15. The van der Waals surface area contributed by atoms with Gasteiger partial charge in [-0.1, -0.05) is 15.9 Å². The number of sulfonamides is 1. The van der Waals surface area contributed by atoms with Crippen molar-refractivity contribution in [1.29, 1.82) is 0 Å². The summed E-state index contributed by atoms with van der Waals surface area (Å²) in [5, 5.41) is 0. The van der Waals surface area contributed by atoms with Crippen LogP contribution in [0.3, 0.4) is 0 Å². The van der Waals surface area contributed by atoms with E-state index in [9.17, 15) is 8.42 Å². The van der Waals surface area contributed by atoms with Crippen molar-refractivity contribution in [2.75, 3.05) is 12.3 Å². The lowest BCUT2D eigenvalue weighted by Crippen LogP contribution is -1.95. The van der Waals surface area contributed by atoms with Gasteiger partial charge in [0, 0.05) is 8.62 Å². The summed E-state index contributed by atoms with van der Waals surface area (Å²) >= 11 is 3.27. The first-order valence-corrected chi connectivity index (χ1v) is 8.88. The zero-order valence-corrected chi connectivity index (χ0v) is 12.5. The van der Waals surface area contributed by atoms with Gasteiger partial charge in [0.2, 0.25) is 7.71 Å². The molecule has 6 heteroatoms. The summed E-state index contributed by atoms with van der Waals surface area (Å²) < 4.78 is 28.6. The predicted molar refractivity (Wildman–Crippen MR) is 71.8 cm³/mol. The van der Waals surface area contributed by atoms with Crippen LogP contribution in [-0.2, 0) is 10.0 Å². The molecule has 1 rings (SSSR count). The summed E-state index contributed by atoms with van der Waals surface area (Å²) in [7, 11) is -4.22. The molecule has 1 aromatic carbocycles. The van der Waals surface area contributed by atoms with Crippen LogP contribution in [0, 0.1) is 0 Å². The Hall–Kier alpha value is -0.250. The van der Waals surface area contributed by atoms with E-state index in [0.29, 0.717) is 0 Å². The first kappa shape index (κ1) is 13.8. The SMILES string of the molecule is CC[P+](CC)=NS(=O)(=O)c1ccc(Br)cc1. The number of hydrogen-bond donors (Lipinski definition) is 0. The zero-order valence-electron chi connectivity index (χ0n) is 9.22. The summed E-state index contributed by atoms with van der Waals surface area (Å²) in [5.74, 6) is 0. The monoisotopic (exact) mass is 322 g/mol. The van der Waals surface area contributed by atoms with Crippen LogP contribution in [0.1, 0.15) is 13.8 Å². The Morgan fingerprint density at radius 1 is 1.19 bits per heavy atom. The van der Waals surface area contributed by atoms with Gasteiger partial charge in [-0.25, -0.2) is 0 Å². The molecule has 88 valence electrons. The van der Waals surface area contributed by atoms with E-state index >= 15 is 0 Å². The molecular formula is C10H14BrNO2PS+. The van der Waals surface area contributed by atoms with Gasteiger partial charge >= 0.3 is 10.0 Å². The van der Waals surface area contributed by atoms with Gasteiger partial charge in [0.15, 0.2) is 0 Å². The van der Waals surface area contributed by atoms with Gasteiger partial charge < -0.3 is 0 Å². The maximum absolute atomic E-state index is 11.9. The third kappa shape index (κ3) is 3.65. The summed E-state index contributed by atoms with van der Waals surface area (Å²) in [5.41, 5.74) is 0. The molecule has 0 heterocycles. The third-order valence-corrected chi connectivity index (χ3v) is 6.70. The fourth-order valence-electron chi connectivity index (χ4n) is 1.14. The lowest BCUT2D eigenvalue weighted by Gasteiger charge is -1.96. The second kappa shape index (κ2) is 5.89. The van der Waals surface area contributed by atoms with Crippen molar-refractivity contribution in [3.8, 4) is 0 Å². The minimum Gasteiger partial charge on any atom is -0.196 e. The Kier molecular flexibility index (Phi) is 5.09. The maximum Gasteiger partial charge on any atom is 0.316 e. The molecule has 0 bridgehead atoms. The fourth-order valence-corrected chi connectivity index (χ4v) is 4.85. The number of nitrogens with zero attached hydrogens (tertiary/aromatic N) is 1. The summed E-state index contributed by atoms with van der Waals surface area (Å²) in [6.07, 6.45) is 1.61. The largest absolute Gasteiger partial charge is 0.316 e. The van der Waals surface area contributed by atoms with Gasteiger partial charge in [0.25, 0.3) is 0 Å². The second-order valence-corrected chi connectivity index (χ2v) is 8.42. The van der Waals surface area contributed by atoms with Crippen molar-refractivity contribution >= 4 is 33.7 Å². The Labute approximate surface area is 106 Å². The van der Waals surface area contributed by atoms with Gasteiger partial charge in [0.1, 0.15) is 12.3 Å². The third-order valence-electron chi connectivity index (χ3n) is 2.06. The summed E-state index contributed by atoms with van der Waals surface area (Å²) in [4.78, 5) is 0.269. The highest BCUT2D eigenvalue weighted by atomic mass is 79.9. The Morgan fingerprint density at radius 3 is 2.12 bits per heavy atom. The molecule has 0 aliphatic heterocycles. The van der Waals surface area contributed by atoms with E-state index in [1.807, 2.05) is 13.8 Å².